The molecule has 1 radical (unpaired) electrons. The van der Waals surface area contributed by atoms with Crippen LogP contribution in [0.1, 0.15) is 11.1 Å². The van der Waals surface area contributed by atoms with E-state index < -0.39 is 30.6 Å². The van der Waals surface area contributed by atoms with E-state index in [1.807, 2.05) is 0 Å². The number of aryl methyl sites for hydroxylation is 1. The molecule has 0 bridgehead atoms. The Morgan fingerprint density at radius 3 is 2.41 bits per heavy atom. The number of phenols is 3. The summed E-state index contributed by atoms with van der Waals surface area (Å²) >= 11 is 0. The smallest absolute Gasteiger partial charge is 0.331 e. The number of aromatic hydroxyl groups is 3. The van der Waals surface area contributed by atoms with Crippen LogP contribution < -0.4 is 10.2 Å². The zero-order valence-corrected chi connectivity index (χ0v) is 21.5. The number of aliphatic hydroxyl groups excluding tert-OH is 2. The highest BCUT2D eigenvalue weighted by atomic mass is 16.7. The van der Waals surface area contributed by atoms with Crippen LogP contribution in [0, 0.1) is 13.5 Å². The summed E-state index contributed by atoms with van der Waals surface area (Å²) in [4.78, 5) is 25.0. The molecule has 211 valence electrons. The van der Waals surface area contributed by atoms with Crippen LogP contribution in [0.2, 0.25) is 0 Å². The number of hydrogen-bond donors (Lipinski definition) is 5. The molecule has 41 heavy (non-hydrogen) atoms. The average Bonchev–Trinajstić information content (AvgIpc) is 2.93. The van der Waals surface area contributed by atoms with Gasteiger partial charge in [0.1, 0.15) is 41.7 Å². The van der Waals surface area contributed by atoms with Crippen molar-refractivity contribution in [1.29, 1.82) is 0 Å². The van der Waals surface area contributed by atoms with Crippen LogP contribution in [-0.4, -0.2) is 56.1 Å². The summed E-state index contributed by atoms with van der Waals surface area (Å²) in [6.07, 6.45) is -3.54. The molecule has 11 nitrogen and oxygen atoms in total. The molecule has 4 aromatic rings. The number of fused-ring (bicyclic) bond motifs is 1. The van der Waals surface area contributed by atoms with Gasteiger partial charge >= 0.3 is 5.97 Å². The molecule has 2 heterocycles. The molecule has 5 N–H and O–H groups in total. The van der Waals surface area contributed by atoms with Gasteiger partial charge < -0.3 is 44.2 Å². The van der Waals surface area contributed by atoms with E-state index in [1.54, 1.807) is 25.1 Å². The van der Waals surface area contributed by atoms with Crippen LogP contribution in [0.3, 0.4) is 0 Å². The highest BCUT2D eigenvalue weighted by Gasteiger charge is 2.42. The number of rotatable bonds is 6. The molecule has 1 saturated heterocycles. The molecule has 1 aromatic heterocycles. The predicted octanol–water partition coefficient (Wildman–Crippen LogP) is 3.13. The second kappa shape index (κ2) is 11.3. The maximum Gasteiger partial charge on any atom is 0.331 e. The van der Waals surface area contributed by atoms with Crippen molar-refractivity contribution < 1.29 is 49.0 Å². The van der Waals surface area contributed by atoms with Crippen LogP contribution >= 0.6 is 0 Å². The van der Waals surface area contributed by atoms with Gasteiger partial charge in [0.05, 0.1) is 5.39 Å². The lowest BCUT2D eigenvalue weighted by molar-refractivity contribution is -0.225. The first-order chi connectivity index (χ1) is 19.6. The molecule has 0 amide bonds. The SMILES string of the molecule is Cc1cc(OC2O[CH]C(OC(=O)/C=C/c3ccc(O)c(O)c3)C(O)C2O)cc2oc(-c3ccc(O)cc3)cc(=O)c12. The van der Waals surface area contributed by atoms with E-state index in [1.165, 1.54) is 48.5 Å². The van der Waals surface area contributed by atoms with E-state index in [4.69, 9.17) is 18.6 Å². The highest BCUT2D eigenvalue weighted by molar-refractivity contribution is 5.87. The first-order valence-electron chi connectivity index (χ1n) is 12.4. The van der Waals surface area contributed by atoms with Gasteiger partial charge in [-0.15, -0.1) is 0 Å². The van der Waals surface area contributed by atoms with Gasteiger partial charge in [-0.3, -0.25) is 4.79 Å². The van der Waals surface area contributed by atoms with E-state index in [2.05, 4.69) is 0 Å². The second-order valence-corrected chi connectivity index (χ2v) is 9.36. The van der Waals surface area contributed by atoms with Crippen LogP contribution in [0.15, 0.2) is 76.0 Å². The quantitative estimate of drug-likeness (QED) is 0.133. The Labute approximate surface area is 232 Å². The van der Waals surface area contributed by atoms with Crippen LogP contribution in [0.25, 0.3) is 28.4 Å². The third kappa shape index (κ3) is 6.02. The topological polar surface area (TPSA) is 176 Å². The Hall–Kier alpha value is -4.84. The van der Waals surface area contributed by atoms with E-state index >= 15 is 0 Å². The van der Waals surface area contributed by atoms with Gasteiger partial charge in [-0.1, -0.05) is 6.07 Å². The van der Waals surface area contributed by atoms with Crippen LogP contribution in [0.5, 0.6) is 23.0 Å². The summed E-state index contributed by atoms with van der Waals surface area (Å²) in [5.74, 6) is -1.01. The number of benzene rings is 3. The summed E-state index contributed by atoms with van der Waals surface area (Å²) in [6.45, 7) is 2.71. The lowest BCUT2D eigenvalue weighted by Gasteiger charge is -2.36. The summed E-state index contributed by atoms with van der Waals surface area (Å²) in [7, 11) is 0. The van der Waals surface area contributed by atoms with Crippen molar-refractivity contribution in [3.63, 3.8) is 0 Å². The normalized spacial score (nSPS) is 20.8. The first-order valence-corrected chi connectivity index (χ1v) is 12.4. The van der Waals surface area contributed by atoms with Crippen LogP contribution in [-0.2, 0) is 14.3 Å². The zero-order valence-electron chi connectivity index (χ0n) is 21.5. The van der Waals surface area contributed by atoms with Crippen molar-refractivity contribution in [2.45, 2.75) is 31.5 Å². The maximum atomic E-state index is 12.8. The van der Waals surface area contributed by atoms with Crippen molar-refractivity contribution in [3.8, 4) is 34.3 Å². The van der Waals surface area contributed by atoms with E-state index in [-0.39, 0.29) is 39.8 Å². The fourth-order valence-electron chi connectivity index (χ4n) is 4.28. The number of ether oxygens (including phenoxy) is 3. The van der Waals surface area contributed by atoms with Gasteiger partial charge in [0.15, 0.2) is 23.0 Å². The van der Waals surface area contributed by atoms with Crippen LogP contribution in [0.4, 0.5) is 0 Å². The Morgan fingerprint density at radius 2 is 1.68 bits per heavy atom. The van der Waals surface area contributed by atoms with Gasteiger partial charge in [0.25, 0.3) is 0 Å². The molecule has 11 heteroatoms. The zero-order chi connectivity index (χ0) is 29.3. The van der Waals surface area contributed by atoms with Crippen molar-refractivity contribution in [2.75, 3.05) is 0 Å². The van der Waals surface area contributed by atoms with E-state index in [9.17, 15) is 35.1 Å². The molecule has 1 fully saturated rings. The molecule has 0 saturated carbocycles. The first kappa shape index (κ1) is 27.7. The minimum atomic E-state index is -1.62. The van der Waals surface area contributed by atoms with Crippen molar-refractivity contribution in [1.82, 2.24) is 0 Å². The number of phenolic OH excluding ortho intramolecular Hbond substituents is 3. The van der Waals surface area contributed by atoms with E-state index in [0.717, 1.165) is 12.7 Å². The molecule has 3 aromatic carbocycles. The Balaban J connectivity index is 1.28. The number of aliphatic hydroxyl groups is 2. The summed E-state index contributed by atoms with van der Waals surface area (Å²) < 4.78 is 22.3. The summed E-state index contributed by atoms with van der Waals surface area (Å²) in [5, 5.41) is 50.0. The monoisotopic (exact) mass is 561 g/mol. The molecular formula is C30H25O11. The summed E-state index contributed by atoms with van der Waals surface area (Å²) in [5.41, 5.74) is 1.46. The molecule has 0 spiro atoms. The van der Waals surface area contributed by atoms with Gasteiger partial charge in [0, 0.05) is 23.8 Å². The Bertz CT molecular complexity index is 1670. The predicted molar refractivity (Wildman–Crippen MR) is 145 cm³/mol. The molecule has 0 aliphatic carbocycles. The molecule has 5 rings (SSSR count). The number of carbonyl (C=O) groups is 1. The van der Waals surface area contributed by atoms with Gasteiger partial charge in [0.2, 0.25) is 6.29 Å². The maximum absolute atomic E-state index is 12.8. The molecule has 4 atom stereocenters. The number of esters is 1. The van der Waals surface area contributed by atoms with Crippen molar-refractivity contribution >= 4 is 23.0 Å². The third-order valence-electron chi connectivity index (χ3n) is 6.38. The lowest BCUT2D eigenvalue weighted by Crippen LogP contribution is -2.54. The Morgan fingerprint density at radius 1 is 0.927 bits per heavy atom. The Kier molecular flexibility index (Phi) is 7.66. The van der Waals surface area contributed by atoms with Crippen molar-refractivity contribution in [2.24, 2.45) is 0 Å². The average molecular weight is 562 g/mol. The van der Waals surface area contributed by atoms with Gasteiger partial charge in [-0.2, -0.15) is 0 Å². The van der Waals surface area contributed by atoms with Gasteiger partial charge in [-0.05, 0) is 66.6 Å². The minimum Gasteiger partial charge on any atom is -0.508 e. The third-order valence-corrected chi connectivity index (χ3v) is 6.38. The second-order valence-electron chi connectivity index (χ2n) is 9.36. The fourth-order valence-corrected chi connectivity index (χ4v) is 4.28. The molecule has 4 unspecified atom stereocenters. The fraction of sp³-hybridized carbons (Fsp3) is 0.167. The minimum absolute atomic E-state index is 0.0668. The molecule has 1 aliphatic heterocycles. The highest BCUT2D eigenvalue weighted by Crippen LogP contribution is 2.31. The number of carbonyl (C=O) groups excluding carboxylic acids is 1. The van der Waals surface area contributed by atoms with Gasteiger partial charge in [-0.25, -0.2) is 4.79 Å². The van der Waals surface area contributed by atoms with E-state index in [0.29, 0.717) is 22.1 Å². The number of hydrogen-bond acceptors (Lipinski definition) is 11. The standard InChI is InChI=1S/C30H25O11/c1-15-10-19(12-24-27(15)22(34)13-23(40-24)17-4-6-18(31)7-5-17)39-30-29(37)28(36)25(14-38-30)41-26(35)9-3-16-2-8-20(32)21(33)11-16/h2-14,25,28-33,36-37H,1H3/b9-3+. The molecular weight excluding hydrogens is 536 g/mol. The largest absolute Gasteiger partial charge is 0.508 e. The lowest BCUT2D eigenvalue weighted by atomic mass is 10.0. The summed E-state index contributed by atoms with van der Waals surface area (Å²) in [6, 6.07) is 14.5. The molecule has 1 aliphatic rings. The van der Waals surface area contributed by atoms with Crippen molar-refractivity contribution in [3.05, 3.63) is 94.7 Å².